The van der Waals surface area contributed by atoms with Gasteiger partial charge in [0, 0.05) is 25.7 Å². The van der Waals surface area contributed by atoms with Crippen molar-refractivity contribution in [1.29, 1.82) is 0 Å². The summed E-state index contributed by atoms with van der Waals surface area (Å²) < 4.78 is 15.6. The first kappa shape index (κ1) is 18.2. The molecule has 2 heterocycles. The highest BCUT2D eigenvalue weighted by Crippen LogP contribution is 2.32. The van der Waals surface area contributed by atoms with Gasteiger partial charge in [0.05, 0.1) is 6.61 Å². The number of nitrogens with zero attached hydrogens (tertiary/aromatic N) is 1. The molecule has 0 saturated carbocycles. The van der Waals surface area contributed by atoms with E-state index in [9.17, 15) is 9.59 Å². The molecule has 0 aromatic heterocycles. The van der Waals surface area contributed by atoms with Crippen LogP contribution in [0, 0.1) is 0 Å². The van der Waals surface area contributed by atoms with Crippen LogP contribution in [0.5, 0.6) is 11.5 Å². The Bertz CT molecular complexity index is 644. The average molecular weight is 363 g/mol. The SMILES string of the molecule is CCOC(=O)N1CCC(NC(=O)NCCc2ccc3c(c2)OCO3)CC1. The number of piperidine rings is 1. The number of ether oxygens (including phenoxy) is 3. The van der Waals surface area contributed by atoms with Gasteiger partial charge in [-0.15, -0.1) is 0 Å². The summed E-state index contributed by atoms with van der Waals surface area (Å²) in [7, 11) is 0. The number of fused-ring (bicyclic) bond motifs is 1. The summed E-state index contributed by atoms with van der Waals surface area (Å²) in [5.41, 5.74) is 1.08. The molecule has 3 rings (SSSR count). The van der Waals surface area contributed by atoms with E-state index in [0.29, 0.717) is 32.7 Å². The van der Waals surface area contributed by atoms with Crippen molar-refractivity contribution in [3.8, 4) is 11.5 Å². The van der Waals surface area contributed by atoms with Crippen molar-refractivity contribution in [2.45, 2.75) is 32.2 Å². The van der Waals surface area contributed by atoms with Crippen LogP contribution < -0.4 is 20.1 Å². The first-order valence-corrected chi connectivity index (χ1v) is 9.00. The van der Waals surface area contributed by atoms with Gasteiger partial charge in [-0.25, -0.2) is 9.59 Å². The lowest BCUT2D eigenvalue weighted by Gasteiger charge is -2.31. The smallest absolute Gasteiger partial charge is 0.409 e. The monoisotopic (exact) mass is 363 g/mol. The fraction of sp³-hybridized carbons (Fsp3) is 0.556. The van der Waals surface area contributed by atoms with Crippen LogP contribution in [0.3, 0.4) is 0 Å². The number of hydrogen-bond donors (Lipinski definition) is 2. The molecule has 2 aliphatic heterocycles. The number of carbonyl (C=O) groups is 2. The van der Waals surface area contributed by atoms with E-state index in [1.165, 1.54) is 0 Å². The van der Waals surface area contributed by atoms with Gasteiger partial charge in [0.1, 0.15) is 0 Å². The van der Waals surface area contributed by atoms with Crippen LogP contribution in [-0.4, -0.2) is 56.1 Å². The summed E-state index contributed by atoms with van der Waals surface area (Å²) in [6.45, 7) is 4.16. The fourth-order valence-corrected chi connectivity index (χ4v) is 3.07. The van der Waals surface area contributed by atoms with E-state index in [0.717, 1.165) is 29.9 Å². The zero-order chi connectivity index (χ0) is 18.4. The Morgan fingerprint density at radius 1 is 1.23 bits per heavy atom. The Morgan fingerprint density at radius 3 is 2.77 bits per heavy atom. The normalized spacial score (nSPS) is 16.3. The van der Waals surface area contributed by atoms with Crippen molar-refractivity contribution in [2.24, 2.45) is 0 Å². The maximum absolute atomic E-state index is 12.0. The van der Waals surface area contributed by atoms with Gasteiger partial charge >= 0.3 is 12.1 Å². The second-order valence-corrected chi connectivity index (χ2v) is 6.30. The summed E-state index contributed by atoms with van der Waals surface area (Å²) in [5, 5.41) is 5.84. The molecular weight excluding hydrogens is 338 g/mol. The molecule has 8 nitrogen and oxygen atoms in total. The van der Waals surface area contributed by atoms with Gasteiger partial charge in [-0.2, -0.15) is 0 Å². The zero-order valence-corrected chi connectivity index (χ0v) is 15.0. The van der Waals surface area contributed by atoms with Crippen molar-refractivity contribution in [2.75, 3.05) is 33.0 Å². The molecule has 1 aromatic rings. The molecule has 1 aromatic carbocycles. The van der Waals surface area contributed by atoms with Gasteiger partial charge < -0.3 is 29.7 Å². The summed E-state index contributed by atoms with van der Waals surface area (Å²) in [6, 6.07) is 5.69. The predicted octanol–water partition coefficient (Wildman–Crippen LogP) is 1.88. The topological polar surface area (TPSA) is 89.1 Å². The highest BCUT2D eigenvalue weighted by Gasteiger charge is 2.24. The highest BCUT2D eigenvalue weighted by atomic mass is 16.7. The fourth-order valence-electron chi connectivity index (χ4n) is 3.07. The van der Waals surface area contributed by atoms with Gasteiger partial charge in [-0.05, 0) is 43.9 Å². The summed E-state index contributed by atoms with van der Waals surface area (Å²) in [6.07, 6.45) is 1.90. The van der Waals surface area contributed by atoms with Crippen LogP contribution in [-0.2, 0) is 11.2 Å². The lowest BCUT2D eigenvalue weighted by atomic mass is 10.1. The van der Waals surface area contributed by atoms with Crippen molar-refractivity contribution < 1.29 is 23.8 Å². The molecule has 0 radical (unpaired) electrons. The van der Waals surface area contributed by atoms with Gasteiger partial charge in [0.2, 0.25) is 6.79 Å². The van der Waals surface area contributed by atoms with Crippen LogP contribution in [0.2, 0.25) is 0 Å². The van der Waals surface area contributed by atoms with Crippen LogP contribution in [0.25, 0.3) is 0 Å². The number of nitrogens with one attached hydrogen (secondary N) is 2. The third-order valence-electron chi connectivity index (χ3n) is 4.49. The lowest BCUT2D eigenvalue weighted by Crippen LogP contribution is -2.49. The molecule has 8 heteroatoms. The van der Waals surface area contributed by atoms with Gasteiger partial charge in [-0.1, -0.05) is 6.07 Å². The Hall–Kier alpha value is -2.64. The van der Waals surface area contributed by atoms with Gasteiger partial charge in [0.25, 0.3) is 0 Å². The van der Waals surface area contributed by atoms with Crippen molar-refractivity contribution >= 4 is 12.1 Å². The van der Waals surface area contributed by atoms with Crippen molar-refractivity contribution in [1.82, 2.24) is 15.5 Å². The number of benzene rings is 1. The number of likely N-dealkylation sites (tertiary alicyclic amines) is 1. The molecule has 0 atom stereocenters. The van der Waals surface area contributed by atoms with E-state index < -0.39 is 0 Å². The number of urea groups is 1. The molecule has 2 N–H and O–H groups in total. The van der Waals surface area contributed by atoms with Crippen molar-refractivity contribution in [3.63, 3.8) is 0 Å². The number of hydrogen-bond acceptors (Lipinski definition) is 5. The van der Waals surface area contributed by atoms with Crippen LogP contribution in [0.4, 0.5) is 9.59 Å². The summed E-state index contributed by atoms with van der Waals surface area (Å²) >= 11 is 0. The third kappa shape index (κ3) is 4.71. The van der Waals surface area contributed by atoms with E-state index in [2.05, 4.69) is 10.6 Å². The molecule has 3 amide bonds. The van der Waals surface area contributed by atoms with Gasteiger partial charge in [-0.3, -0.25) is 0 Å². The molecule has 1 saturated heterocycles. The Morgan fingerprint density at radius 2 is 2.00 bits per heavy atom. The van der Waals surface area contributed by atoms with E-state index in [1.807, 2.05) is 18.2 Å². The zero-order valence-electron chi connectivity index (χ0n) is 15.0. The molecule has 0 aliphatic carbocycles. The largest absolute Gasteiger partial charge is 0.454 e. The molecule has 26 heavy (non-hydrogen) atoms. The minimum atomic E-state index is -0.279. The number of amides is 3. The first-order chi connectivity index (χ1) is 12.7. The third-order valence-corrected chi connectivity index (χ3v) is 4.49. The maximum atomic E-state index is 12.0. The Labute approximate surface area is 152 Å². The summed E-state index contributed by atoms with van der Waals surface area (Å²) in [5.74, 6) is 1.51. The Kier molecular flexibility index (Phi) is 6.04. The molecule has 0 bridgehead atoms. The van der Waals surface area contributed by atoms with Crippen molar-refractivity contribution in [3.05, 3.63) is 23.8 Å². The summed E-state index contributed by atoms with van der Waals surface area (Å²) in [4.78, 5) is 25.4. The van der Waals surface area contributed by atoms with Crippen LogP contribution in [0.1, 0.15) is 25.3 Å². The van der Waals surface area contributed by atoms with Crippen LogP contribution >= 0.6 is 0 Å². The standard InChI is InChI=1S/C18H25N3O5/c1-2-24-18(23)21-9-6-14(7-10-21)20-17(22)19-8-5-13-3-4-15-16(11-13)26-12-25-15/h3-4,11,14H,2,5-10,12H2,1H3,(H2,19,20,22). The second kappa shape index (κ2) is 8.64. The molecule has 0 unspecified atom stereocenters. The quantitative estimate of drug-likeness (QED) is 0.834. The van der Waals surface area contributed by atoms with E-state index in [1.54, 1.807) is 11.8 Å². The average Bonchev–Trinajstić information content (AvgIpc) is 3.10. The van der Waals surface area contributed by atoms with E-state index >= 15 is 0 Å². The maximum Gasteiger partial charge on any atom is 0.409 e. The van der Waals surface area contributed by atoms with E-state index in [-0.39, 0.29) is 25.0 Å². The lowest BCUT2D eigenvalue weighted by molar-refractivity contribution is 0.0957. The van der Waals surface area contributed by atoms with Gasteiger partial charge in [0.15, 0.2) is 11.5 Å². The number of rotatable bonds is 5. The van der Waals surface area contributed by atoms with E-state index in [4.69, 9.17) is 14.2 Å². The molecule has 1 fully saturated rings. The minimum Gasteiger partial charge on any atom is -0.454 e. The minimum absolute atomic E-state index is 0.0752. The molecule has 2 aliphatic rings. The Balaban J connectivity index is 1.34. The molecular formula is C18H25N3O5. The first-order valence-electron chi connectivity index (χ1n) is 9.00. The predicted molar refractivity (Wildman–Crippen MR) is 94.4 cm³/mol. The second-order valence-electron chi connectivity index (χ2n) is 6.30. The number of carbonyl (C=O) groups excluding carboxylic acids is 2. The molecule has 142 valence electrons. The highest BCUT2D eigenvalue weighted by molar-refractivity contribution is 5.74. The molecule has 0 spiro atoms. The van der Waals surface area contributed by atoms with Crippen LogP contribution in [0.15, 0.2) is 18.2 Å².